The number of halogens is 5. The maximum absolute atomic E-state index is 14.6. The van der Waals surface area contributed by atoms with Gasteiger partial charge in [0, 0.05) is 5.56 Å². The number of ether oxygens (including phenoxy) is 2. The van der Waals surface area contributed by atoms with E-state index >= 15 is 0 Å². The first-order valence-corrected chi connectivity index (χ1v) is 8.32. The lowest BCUT2D eigenvalue weighted by Gasteiger charge is -2.11. The summed E-state index contributed by atoms with van der Waals surface area (Å²) in [5.74, 6) is -7.25. The maximum Gasteiger partial charge on any atom is 0.175 e. The minimum Gasteiger partial charge on any atom is -0.497 e. The summed E-state index contributed by atoms with van der Waals surface area (Å²) in [6.07, 6.45) is 0. The number of fused-ring (bicyclic) bond motifs is 1. The van der Waals surface area contributed by atoms with Gasteiger partial charge in [-0.3, -0.25) is 0 Å². The molecule has 2 nitrogen and oxygen atoms in total. The Kier molecular flexibility index (Phi) is 5.53. The highest BCUT2D eigenvalue weighted by Gasteiger charge is 2.23. The Morgan fingerprint density at radius 3 is 2.14 bits per heavy atom. The van der Waals surface area contributed by atoms with Crippen LogP contribution < -0.4 is 9.47 Å². The fourth-order valence-electron chi connectivity index (χ4n) is 2.77. The van der Waals surface area contributed by atoms with E-state index in [9.17, 15) is 22.0 Å². The number of hydrogen-bond donors (Lipinski definition) is 0. The van der Waals surface area contributed by atoms with Crippen LogP contribution in [0.4, 0.5) is 22.0 Å². The average molecular weight is 394 g/mol. The molecule has 0 aliphatic carbocycles. The number of methoxy groups -OCH3 is 1. The van der Waals surface area contributed by atoms with Crippen molar-refractivity contribution in [3.8, 4) is 11.5 Å². The molecule has 7 heteroatoms. The van der Waals surface area contributed by atoms with Gasteiger partial charge in [-0.1, -0.05) is 6.07 Å². The lowest BCUT2D eigenvalue weighted by atomic mass is 10.0. The number of rotatable bonds is 5. The van der Waals surface area contributed by atoms with Crippen molar-refractivity contribution in [1.82, 2.24) is 0 Å². The third-order valence-corrected chi connectivity index (χ3v) is 4.16. The number of hydrogen-bond acceptors (Lipinski definition) is 2. The monoisotopic (exact) mass is 394 g/mol. The quantitative estimate of drug-likeness (QED) is 0.367. The van der Waals surface area contributed by atoms with Gasteiger partial charge in [-0.15, -0.1) is 0 Å². The van der Waals surface area contributed by atoms with Gasteiger partial charge in [0.15, 0.2) is 34.9 Å². The summed E-state index contributed by atoms with van der Waals surface area (Å²) < 4.78 is 82.3. The summed E-state index contributed by atoms with van der Waals surface area (Å²) >= 11 is 0. The zero-order valence-electron chi connectivity index (χ0n) is 15.0. The van der Waals surface area contributed by atoms with E-state index < -0.39 is 40.1 Å². The van der Waals surface area contributed by atoms with Crippen LogP contribution in [0.5, 0.6) is 11.5 Å². The summed E-state index contributed by atoms with van der Waals surface area (Å²) in [5.41, 5.74) is -1.13. The molecule has 0 fully saturated rings. The molecule has 0 unspecified atom stereocenters. The average Bonchev–Trinajstić information content (AvgIpc) is 2.71. The molecule has 0 atom stereocenters. The molecule has 0 saturated heterocycles. The summed E-state index contributed by atoms with van der Waals surface area (Å²) in [6.45, 7) is 1.72. The molecule has 3 rings (SSSR count). The summed E-state index contributed by atoms with van der Waals surface area (Å²) in [6, 6.07) is 8.56. The smallest absolute Gasteiger partial charge is 0.175 e. The Morgan fingerprint density at radius 1 is 0.857 bits per heavy atom. The van der Waals surface area contributed by atoms with Crippen molar-refractivity contribution in [3.05, 3.63) is 71.0 Å². The predicted molar refractivity (Wildman–Crippen MR) is 97.0 cm³/mol. The predicted octanol–water partition coefficient (Wildman–Crippen LogP) is 6.43. The lowest BCUT2D eigenvalue weighted by molar-refractivity contribution is 0.322. The standard InChI is InChI=1S/C21H15F5O2/c1-3-28-15-9-6-12-10-14(19(24)21(26)16(12)20(15)25)18(23)17(22)11-4-7-13(27-2)8-5-11/h4-10H,3H2,1-2H3. The van der Waals surface area contributed by atoms with Gasteiger partial charge in [-0.05, 0) is 48.7 Å². The highest BCUT2D eigenvalue weighted by Crippen LogP contribution is 2.37. The van der Waals surface area contributed by atoms with Crippen molar-refractivity contribution in [2.24, 2.45) is 0 Å². The van der Waals surface area contributed by atoms with Crippen molar-refractivity contribution >= 4 is 22.4 Å². The van der Waals surface area contributed by atoms with Crippen molar-refractivity contribution in [2.45, 2.75) is 6.92 Å². The van der Waals surface area contributed by atoms with Gasteiger partial charge in [-0.2, -0.15) is 0 Å². The topological polar surface area (TPSA) is 18.5 Å². The second-order valence-corrected chi connectivity index (χ2v) is 5.82. The van der Waals surface area contributed by atoms with E-state index in [1.54, 1.807) is 6.92 Å². The van der Waals surface area contributed by atoms with Crippen LogP contribution in [0.25, 0.3) is 22.4 Å². The summed E-state index contributed by atoms with van der Waals surface area (Å²) in [4.78, 5) is 0. The third kappa shape index (κ3) is 3.40. The van der Waals surface area contributed by atoms with Gasteiger partial charge < -0.3 is 9.47 Å². The fourth-order valence-corrected chi connectivity index (χ4v) is 2.77. The van der Waals surface area contributed by atoms with Crippen LogP contribution in [0.3, 0.4) is 0 Å². The lowest BCUT2D eigenvalue weighted by Crippen LogP contribution is -2.00. The van der Waals surface area contributed by atoms with E-state index in [4.69, 9.17) is 9.47 Å². The van der Waals surface area contributed by atoms with Gasteiger partial charge in [0.2, 0.25) is 0 Å². The molecule has 0 bridgehead atoms. The van der Waals surface area contributed by atoms with E-state index in [2.05, 4.69) is 0 Å². The van der Waals surface area contributed by atoms with Crippen LogP contribution in [0.1, 0.15) is 18.1 Å². The van der Waals surface area contributed by atoms with Crippen molar-refractivity contribution in [1.29, 1.82) is 0 Å². The van der Waals surface area contributed by atoms with Crippen LogP contribution in [-0.4, -0.2) is 13.7 Å². The molecule has 3 aromatic rings. The highest BCUT2D eigenvalue weighted by molar-refractivity contribution is 5.91. The minimum absolute atomic E-state index is 0.120. The second kappa shape index (κ2) is 7.88. The summed E-state index contributed by atoms with van der Waals surface area (Å²) in [7, 11) is 1.41. The van der Waals surface area contributed by atoms with Crippen LogP contribution in [0, 0.1) is 17.5 Å². The van der Waals surface area contributed by atoms with Gasteiger partial charge in [-0.25, -0.2) is 22.0 Å². The molecule has 0 spiro atoms. The minimum atomic E-state index is -1.69. The van der Waals surface area contributed by atoms with Gasteiger partial charge in [0.05, 0.1) is 24.7 Å². The maximum atomic E-state index is 14.6. The van der Waals surface area contributed by atoms with E-state index in [-0.39, 0.29) is 23.3 Å². The van der Waals surface area contributed by atoms with E-state index in [1.165, 1.54) is 43.5 Å². The first-order valence-electron chi connectivity index (χ1n) is 8.32. The molecular weight excluding hydrogens is 379 g/mol. The Bertz CT molecular complexity index is 1060. The van der Waals surface area contributed by atoms with E-state index in [0.717, 1.165) is 6.07 Å². The first-order chi connectivity index (χ1) is 13.4. The first kappa shape index (κ1) is 19.7. The van der Waals surface area contributed by atoms with Crippen LogP contribution >= 0.6 is 0 Å². The molecule has 0 amide bonds. The molecule has 0 aliphatic heterocycles. The van der Waals surface area contributed by atoms with E-state index in [0.29, 0.717) is 5.75 Å². The largest absolute Gasteiger partial charge is 0.497 e. The van der Waals surface area contributed by atoms with Gasteiger partial charge in [0.25, 0.3) is 0 Å². The van der Waals surface area contributed by atoms with Crippen LogP contribution in [-0.2, 0) is 0 Å². The Morgan fingerprint density at radius 2 is 1.54 bits per heavy atom. The SMILES string of the molecule is CCOc1ccc2cc(C(F)=C(F)c3ccc(OC)cc3)c(F)c(F)c2c1F. The normalized spacial score (nSPS) is 12.1. The zero-order valence-corrected chi connectivity index (χ0v) is 15.0. The molecule has 0 aromatic heterocycles. The third-order valence-electron chi connectivity index (χ3n) is 4.16. The molecule has 0 N–H and O–H groups in total. The van der Waals surface area contributed by atoms with Gasteiger partial charge in [0.1, 0.15) is 5.75 Å². The van der Waals surface area contributed by atoms with Crippen molar-refractivity contribution < 1.29 is 31.4 Å². The van der Waals surface area contributed by atoms with Crippen molar-refractivity contribution in [2.75, 3.05) is 13.7 Å². The van der Waals surface area contributed by atoms with Crippen molar-refractivity contribution in [3.63, 3.8) is 0 Å². The highest BCUT2D eigenvalue weighted by atomic mass is 19.2. The zero-order chi connectivity index (χ0) is 20.4. The molecule has 0 heterocycles. The van der Waals surface area contributed by atoms with Gasteiger partial charge >= 0.3 is 0 Å². The summed E-state index contributed by atoms with van der Waals surface area (Å²) in [5, 5.41) is -0.822. The van der Waals surface area contributed by atoms with Crippen LogP contribution in [0.15, 0.2) is 42.5 Å². The molecule has 0 radical (unpaired) electrons. The Hall–Kier alpha value is -3.09. The Labute approximate surface area is 157 Å². The fraction of sp³-hybridized carbons (Fsp3) is 0.143. The number of benzene rings is 3. The molecule has 0 saturated carbocycles. The van der Waals surface area contributed by atoms with E-state index in [1.807, 2.05) is 0 Å². The molecule has 146 valence electrons. The molecule has 3 aromatic carbocycles. The second-order valence-electron chi connectivity index (χ2n) is 5.82. The Balaban J connectivity index is 2.16. The molecule has 28 heavy (non-hydrogen) atoms. The molecule has 0 aliphatic rings. The van der Waals surface area contributed by atoms with Crippen LogP contribution in [0.2, 0.25) is 0 Å². The molecular formula is C21H15F5O2.